The second-order valence-corrected chi connectivity index (χ2v) is 4.01. The maximum atomic E-state index is 10.6. The SMILES string of the molecule is O=COC(c1ccccc1)c1cccc(Cl)c1. The third kappa shape index (κ3) is 2.86. The zero-order valence-corrected chi connectivity index (χ0v) is 9.80. The maximum Gasteiger partial charge on any atom is 0.294 e. The van der Waals surface area contributed by atoms with Gasteiger partial charge in [-0.2, -0.15) is 0 Å². The molecular formula is C14H11ClO2. The Bertz CT molecular complexity index is 497. The Morgan fingerprint density at radius 3 is 2.35 bits per heavy atom. The number of halogens is 1. The number of ether oxygens (including phenoxy) is 1. The molecule has 2 rings (SSSR count). The minimum absolute atomic E-state index is 0.410. The van der Waals surface area contributed by atoms with E-state index in [9.17, 15) is 4.79 Å². The van der Waals surface area contributed by atoms with E-state index in [0.717, 1.165) is 11.1 Å². The first-order valence-electron chi connectivity index (χ1n) is 5.21. The Hall–Kier alpha value is -1.80. The molecule has 86 valence electrons. The molecule has 2 aromatic rings. The smallest absolute Gasteiger partial charge is 0.294 e. The zero-order chi connectivity index (χ0) is 12.1. The zero-order valence-electron chi connectivity index (χ0n) is 9.05. The van der Waals surface area contributed by atoms with Crippen molar-refractivity contribution in [1.82, 2.24) is 0 Å². The van der Waals surface area contributed by atoms with E-state index in [0.29, 0.717) is 11.5 Å². The van der Waals surface area contributed by atoms with Gasteiger partial charge in [-0.1, -0.05) is 54.1 Å². The topological polar surface area (TPSA) is 26.3 Å². The fraction of sp³-hybridized carbons (Fsp3) is 0.0714. The fourth-order valence-electron chi connectivity index (χ4n) is 1.70. The fourth-order valence-corrected chi connectivity index (χ4v) is 1.90. The van der Waals surface area contributed by atoms with E-state index < -0.39 is 6.10 Å². The Labute approximate surface area is 105 Å². The largest absolute Gasteiger partial charge is 0.455 e. The minimum atomic E-state index is -0.410. The van der Waals surface area contributed by atoms with E-state index in [-0.39, 0.29) is 0 Å². The molecule has 2 aromatic carbocycles. The Kier molecular flexibility index (Phi) is 3.78. The van der Waals surface area contributed by atoms with Crippen molar-refractivity contribution in [3.05, 3.63) is 70.7 Å². The third-order valence-electron chi connectivity index (χ3n) is 2.45. The molecular weight excluding hydrogens is 236 g/mol. The Morgan fingerprint density at radius 2 is 1.71 bits per heavy atom. The number of hydrogen-bond acceptors (Lipinski definition) is 2. The van der Waals surface area contributed by atoms with Gasteiger partial charge in [-0.05, 0) is 23.3 Å². The summed E-state index contributed by atoms with van der Waals surface area (Å²) in [6, 6.07) is 16.8. The molecule has 0 spiro atoms. The molecule has 0 amide bonds. The number of hydrogen-bond donors (Lipinski definition) is 0. The van der Waals surface area contributed by atoms with Crippen LogP contribution in [0.15, 0.2) is 54.6 Å². The number of benzene rings is 2. The summed E-state index contributed by atoms with van der Waals surface area (Å²) in [5.41, 5.74) is 1.78. The second kappa shape index (κ2) is 5.51. The molecule has 0 aromatic heterocycles. The summed E-state index contributed by atoms with van der Waals surface area (Å²) in [6.07, 6.45) is -0.410. The lowest BCUT2D eigenvalue weighted by Gasteiger charge is -2.16. The van der Waals surface area contributed by atoms with Crippen LogP contribution in [0, 0.1) is 0 Å². The summed E-state index contributed by atoms with van der Waals surface area (Å²) in [5, 5.41) is 0.623. The van der Waals surface area contributed by atoms with Gasteiger partial charge in [0.05, 0.1) is 0 Å². The molecule has 0 aliphatic heterocycles. The van der Waals surface area contributed by atoms with Crippen LogP contribution in [0.1, 0.15) is 17.2 Å². The molecule has 0 aliphatic carbocycles. The van der Waals surface area contributed by atoms with Crippen molar-refractivity contribution >= 4 is 18.1 Å². The van der Waals surface area contributed by atoms with Crippen molar-refractivity contribution in [3.8, 4) is 0 Å². The van der Waals surface area contributed by atoms with Crippen LogP contribution in [0.25, 0.3) is 0 Å². The van der Waals surface area contributed by atoms with Crippen LogP contribution in [-0.2, 0) is 9.53 Å². The van der Waals surface area contributed by atoms with Gasteiger partial charge >= 0.3 is 0 Å². The molecule has 1 atom stereocenters. The predicted molar refractivity (Wildman–Crippen MR) is 66.9 cm³/mol. The molecule has 17 heavy (non-hydrogen) atoms. The molecule has 0 saturated carbocycles. The lowest BCUT2D eigenvalue weighted by atomic mass is 10.0. The third-order valence-corrected chi connectivity index (χ3v) is 2.68. The van der Waals surface area contributed by atoms with Crippen LogP contribution in [0.4, 0.5) is 0 Å². The first-order chi connectivity index (χ1) is 8.31. The normalized spacial score (nSPS) is 11.8. The Balaban J connectivity index is 2.39. The van der Waals surface area contributed by atoms with E-state index in [2.05, 4.69) is 0 Å². The minimum Gasteiger partial charge on any atom is -0.455 e. The predicted octanol–water partition coefficient (Wildman–Crippen LogP) is 3.60. The average molecular weight is 247 g/mol. The highest BCUT2D eigenvalue weighted by atomic mass is 35.5. The maximum absolute atomic E-state index is 10.6. The number of carbonyl (C=O) groups excluding carboxylic acids is 1. The van der Waals surface area contributed by atoms with Crippen molar-refractivity contribution in [3.63, 3.8) is 0 Å². The highest BCUT2D eigenvalue weighted by Gasteiger charge is 2.14. The van der Waals surface area contributed by atoms with Crippen molar-refractivity contribution in [1.29, 1.82) is 0 Å². The van der Waals surface area contributed by atoms with Gasteiger partial charge in [0.2, 0.25) is 0 Å². The van der Waals surface area contributed by atoms with Gasteiger partial charge in [0.15, 0.2) is 6.10 Å². The molecule has 0 aliphatic rings. The van der Waals surface area contributed by atoms with Gasteiger partial charge in [0, 0.05) is 5.02 Å². The summed E-state index contributed by atoms with van der Waals surface area (Å²) in [6.45, 7) is 0.457. The van der Waals surface area contributed by atoms with Gasteiger partial charge in [0.25, 0.3) is 6.47 Å². The molecule has 0 saturated heterocycles. The van der Waals surface area contributed by atoms with Gasteiger partial charge in [-0.15, -0.1) is 0 Å². The summed E-state index contributed by atoms with van der Waals surface area (Å²) in [5.74, 6) is 0. The van der Waals surface area contributed by atoms with Gasteiger partial charge < -0.3 is 4.74 Å². The molecule has 0 heterocycles. The number of carbonyl (C=O) groups is 1. The standard InChI is InChI=1S/C14H11ClO2/c15-13-8-4-7-12(9-13)14(17-10-16)11-5-2-1-3-6-11/h1-10,14H. The van der Waals surface area contributed by atoms with Crippen molar-refractivity contribution < 1.29 is 9.53 Å². The van der Waals surface area contributed by atoms with Crippen LogP contribution in [0.2, 0.25) is 5.02 Å². The summed E-state index contributed by atoms with van der Waals surface area (Å²) in [7, 11) is 0. The van der Waals surface area contributed by atoms with Gasteiger partial charge in [-0.3, -0.25) is 4.79 Å². The second-order valence-electron chi connectivity index (χ2n) is 3.58. The molecule has 0 N–H and O–H groups in total. The van der Waals surface area contributed by atoms with Crippen LogP contribution in [0.3, 0.4) is 0 Å². The molecule has 3 heteroatoms. The van der Waals surface area contributed by atoms with E-state index in [1.165, 1.54) is 0 Å². The summed E-state index contributed by atoms with van der Waals surface area (Å²) in [4.78, 5) is 10.6. The van der Waals surface area contributed by atoms with Crippen LogP contribution >= 0.6 is 11.6 Å². The molecule has 0 radical (unpaired) electrons. The van der Waals surface area contributed by atoms with Crippen molar-refractivity contribution in [2.45, 2.75) is 6.10 Å². The summed E-state index contributed by atoms with van der Waals surface area (Å²) < 4.78 is 5.13. The van der Waals surface area contributed by atoms with Gasteiger partial charge in [0.1, 0.15) is 0 Å². The Morgan fingerprint density at radius 1 is 1.00 bits per heavy atom. The first-order valence-corrected chi connectivity index (χ1v) is 5.58. The van der Waals surface area contributed by atoms with E-state index in [1.807, 2.05) is 42.5 Å². The van der Waals surface area contributed by atoms with Crippen LogP contribution < -0.4 is 0 Å². The highest BCUT2D eigenvalue weighted by Crippen LogP contribution is 2.26. The van der Waals surface area contributed by atoms with E-state index >= 15 is 0 Å². The molecule has 0 fully saturated rings. The lowest BCUT2D eigenvalue weighted by Crippen LogP contribution is -2.04. The van der Waals surface area contributed by atoms with Crippen LogP contribution in [0.5, 0.6) is 0 Å². The quantitative estimate of drug-likeness (QED) is 0.771. The van der Waals surface area contributed by atoms with Crippen molar-refractivity contribution in [2.24, 2.45) is 0 Å². The summed E-state index contributed by atoms with van der Waals surface area (Å²) >= 11 is 5.93. The van der Waals surface area contributed by atoms with E-state index in [4.69, 9.17) is 16.3 Å². The lowest BCUT2D eigenvalue weighted by molar-refractivity contribution is -0.132. The van der Waals surface area contributed by atoms with Crippen LogP contribution in [-0.4, -0.2) is 6.47 Å². The van der Waals surface area contributed by atoms with Gasteiger partial charge in [-0.25, -0.2) is 0 Å². The monoisotopic (exact) mass is 246 g/mol. The number of rotatable bonds is 4. The first kappa shape index (κ1) is 11.7. The van der Waals surface area contributed by atoms with E-state index in [1.54, 1.807) is 12.1 Å². The molecule has 2 nitrogen and oxygen atoms in total. The molecule has 1 unspecified atom stereocenters. The molecule has 0 bridgehead atoms. The van der Waals surface area contributed by atoms with Crippen molar-refractivity contribution in [2.75, 3.05) is 0 Å². The highest BCUT2D eigenvalue weighted by molar-refractivity contribution is 6.30. The average Bonchev–Trinajstić information content (AvgIpc) is 2.37.